The predicted octanol–water partition coefficient (Wildman–Crippen LogP) is -0.574. The highest BCUT2D eigenvalue weighted by molar-refractivity contribution is 6.35. The Hall–Kier alpha value is -1.61. The maximum absolute atomic E-state index is 11.7. The maximum atomic E-state index is 11.7. The van der Waals surface area contributed by atoms with Crippen LogP contribution in [-0.4, -0.2) is 61.9 Å². The van der Waals surface area contributed by atoms with Crippen molar-refractivity contribution in [3.8, 4) is 6.07 Å². The largest absolute Gasteiger partial charge is 0.335 e. The molecule has 0 aromatic rings. The van der Waals surface area contributed by atoms with Crippen molar-refractivity contribution in [2.45, 2.75) is 12.8 Å². The van der Waals surface area contributed by atoms with Crippen LogP contribution < -0.4 is 5.32 Å². The Morgan fingerprint density at radius 3 is 2.50 bits per heavy atom. The number of amides is 2. The Morgan fingerprint density at radius 2 is 2.00 bits per heavy atom. The lowest BCUT2D eigenvalue weighted by Gasteiger charge is -2.32. The Bertz CT molecular complexity index is 340. The van der Waals surface area contributed by atoms with E-state index in [1.165, 1.54) is 0 Å². The third-order valence-electron chi connectivity index (χ3n) is 3.05. The molecular weight excluding hydrogens is 232 g/mol. The molecule has 100 valence electrons. The number of carbonyl (C=O) groups excluding carboxylic acids is 2. The Kier molecular flexibility index (Phi) is 5.59. The SMILES string of the molecule is CN(C)CC1CCN(C(=O)C(=O)NCC#N)CC1. The molecule has 1 aliphatic rings. The van der Waals surface area contributed by atoms with Crippen LogP contribution in [0.5, 0.6) is 0 Å². The van der Waals surface area contributed by atoms with Gasteiger partial charge in [-0.1, -0.05) is 0 Å². The second-order valence-electron chi connectivity index (χ2n) is 4.84. The van der Waals surface area contributed by atoms with Gasteiger partial charge in [-0.15, -0.1) is 0 Å². The molecule has 0 saturated carbocycles. The number of nitrogens with zero attached hydrogens (tertiary/aromatic N) is 3. The van der Waals surface area contributed by atoms with Crippen molar-refractivity contribution in [1.82, 2.24) is 15.1 Å². The van der Waals surface area contributed by atoms with Gasteiger partial charge in [-0.2, -0.15) is 5.26 Å². The van der Waals surface area contributed by atoms with Crippen LogP contribution in [0.15, 0.2) is 0 Å². The van der Waals surface area contributed by atoms with Gasteiger partial charge in [0.25, 0.3) is 0 Å². The van der Waals surface area contributed by atoms with Gasteiger partial charge in [-0.05, 0) is 32.9 Å². The molecule has 0 aromatic heterocycles. The van der Waals surface area contributed by atoms with E-state index in [1.54, 1.807) is 11.0 Å². The molecule has 18 heavy (non-hydrogen) atoms. The standard InChI is InChI=1S/C12H20N4O2/c1-15(2)9-10-3-7-16(8-4-10)12(18)11(17)14-6-5-13/h10H,3-4,6-9H2,1-2H3,(H,14,17). The number of hydrogen-bond donors (Lipinski definition) is 1. The molecule has 1 heterocycles. The quantitative estimate of drug-likeness (QED) is 0.539. The van der Waals surface area contributed by atoms with E-state index in [1.807, 2.05) is 14.1 Å². The molecular formula is C12H20N4O2. The van der Waals surface area contributed by atoms with Crippen LogP contribution in [0.25, 0.3) is 0 Å². The number of piperidine rings is 1. The summed E-state index contributed by atoms with van der Waals surface area (Å²) >= 11 is 0. The van der Waals surface area contributed by atoms with Gasteiger partial charge in [0.15, 0.2) is 0 Å². The van der Waals surface area contributed by atoms with Crippen molar-refractivity contribution < 1.29 is 9.59 Å². The highest BCUT2D eigenvalue weighted by Gasteiger charge is 2.26. The van der Waals surface area contributed by atoms with Crippen LogP contribution in [0, 0.1) is 17.2 Å². The zero-order chi connectivity index (χ0) is 13.5. The number of nitrogens with one attached hydrogen (secondary N) is 1. The number of rotatable bonds is 3. The molecule has 1 rings (SSSR count). The van der Waals surface area contributed by atoms with Crippen molar-refractivity contribution in [3.05, 3.63) is 0 Å². The topological polar surface area (TPSA) is 76.4 Å². The van der Waals surface area contributed by atoms with Crippen LogP contribution >= 0.6 is 0 Å². The summed E-state index contributed by atoms with van der Waals surface area (Å²) in [5.41, 5.74) is 0. The van der Waals surface area contributed by atoms with Gasteiger partial charge in [0.1, 0.15) is 6.54 Å². The van der Waals surface area contributed by atoms with Gasteiger partial charge in [0.05, 0.1) is 6.07 Å². The molecule has 0 bridgehead atoms. The van der Waals surface area contributed by atoms with E-state index in [2.05, 4.69) is 10.2 Å². The van der Waals surface area contributed by atoms with E-state index in [0.717, 1.165) is 19.4 Å². The molecule has 0 aromatic carbocycles. The fourth-order valence-electron chi connectivity index (χ4n) is 2.17. The van der Waals surface area contributed by atoms with E-state index in [-0.39, 0.29) is 6.54 Å². The predicted molar refractivity (Wildman–Crippen MR) is 66.5 cm³/mol. The molecule has 1 saturated heterocycles. The van der Waals surface area contributed by atoms with E-state index in [9.17, 15) is 9.59 Å². The number of hydrogen-bond acceptors (Lipinski definition) is 4. The smallest absolute Gasteiger partial charge is 0.311 e. The zero-order valence-electron chi connectivity index (χ0n) is 11.0. The molecule has 2 amide bonds. The first kappa shape index (κ1) is 14.5. The third-order valence-corrected chi connectivity index (χ3v) is 3.05. The molecule has 6 nitrogen and oxygen atoms in total. The van der Waals surface area contributed by atoms with Gasteiger partial charge < -0.3 is 15.1 Å². The van der Waals surface area contributed by atoms with Crippen molar-refractivity contribution in [3.63, 3.8) is 0 Å². The van der Waals surface area contributed by atoms with Gasteiger partial charge >= 0.3 is 11.8 Å². The van der Waals surface area contributed by atoms with Crippen LogP contribution in [0.1, 0.15) is 12.8 Å². The van der Waals surface area contributed by atoms with Crippen LogP contribution in [0.2, 0.25) is 0 Å². The van der Waals surface area contributed by atoms with Gasteiger partial charge in [0, 0.05) is 19.6 Å². The lowest BCUT2D eigenvalue weighted by Crippen LogP contribution is -2.47. The highest BCUT2D eigenvalue weighted by Crippen LogP contribution is 2.17. The van der Waals surface area contributed by atoms with E-state index in [0.29, 0.717) is 19.0 Å². The average molecular weight is 252 g/mol. The van der Waals surface area contributed by atoms with E-state index < -0.39 is 11.8 Å². The van der Waals surface area contributed by atoms with Crippen LogP contribution in [0.3, 0.4) is 0 Å². The van der Waals surface area contributed by atoms with Crippen molar-refractivity contribution in [1.29, 1.82) is 5.26 Å². The fourth-order valence-corrected chi connectivity index (χ4v) is 2.17. The minimum absolute atomic E-state index is 0.123. The minimum Gasteiger partial charge on any atom is -0.335 e. The first-order valence-corrected chi connectivity index (χ1v) is 6.13. The number of likely N-dealkylation sites (tertiary alicyclic amines) is 1. The second-order valence-corrected chi connectivity index (χ2v) is 4.84. The van der Waals surface area contributed by atoms with Gasteiger partial charge in [-0.25, -0.2) is 0 Å². The van der Waals surface area contributed by atoms with Gasteiger partial charge in [0.2, 0.25) is 0 Å². The molecule has 0 atom stereocenters. The Balaban J connectivity index is 2.36. The zero-order valence-corrected chi connectivity index (χ0v) is 11.0. The maximum Gasteiger partial charge on any atom is 0.311 e. The van der Waals surface area contributed by atoms with Crippen molar-refractivity contribution >= 4 is 11.8 Å². The monoisotopic (exact) mass is 252 g/mol. The average Bonchev–Trinajstić information content (AvgIpc) is 2.35. The number of nitriles is 1. The third kappa shape index (κ3) is 4.34. The fraction of sp³-hybridized carbons (Fsp3) is 0.750. The summed E-state index contributed by atoms with van der Waals surface area (Å²) in [6.45, 7) is 2.14. The molecule has 0 aliphatic carbocycles. The molecule has 1 aliphatic heterocycles. The Morgan fingerprint density at radius 1 is 1.39 bits per heavy atom. The summed E-state index contributed by atoms with van der Waals surface area (Å²) in [6.07, 6.45) is 1.85. The molecule has 0 radical (unpaired) electrons. The lowest BCUT2D eigenvalue weighted by molar-refractivity contribution is -0.146. The summed E-state index contributed by atoms with van der Waals surface area (Å²) < 4.78 is 0. The van der Waals surface area contributed by atoms with Crippen LogP contribution in [0.4, 0.5) is 0 Å². The first-order valence-electron chi connectivity index (χ1n) is 6.13. The highest BCUT2D eigenvalue weighted by atomic mass is 16.2. The van der Waals surface area contributed by atoms with Gasteiger partial charge in [-0.3, -0.25) is 9.59 Å². The van der Waals surface area contributed by atoms with Crippen molar-refractivity contribution in [2.24, 2.45) is 5.92 Å². The molecule has 1 N–H and O–H groups in total. The second kappa shape index (κ2) is 6.97. The summed E-state index contributed by atoms with van der Waals surface area (Å²) in [7, 11) is 4.07. The molecule has 6 heteroatoms. The minimum atomic E-state index is -0.678. The van der Waals surface area contributed by atoms with E-state index in [4.69, 9.17) is 5.26 Å². The Labute approximate surface area is 108 Å². The normalized spacial score (nSPS) is 16.4. The molecule has 0 spiro atoms. The van der Waals surface area contributed by atoms with Crippen LogP contribution in [-0.2, 0) is 9.59 Å². The van der Waals surface area contributed by atoms with Crippen molar-refractivity contribution in [2.75, 3.05) is 40.3 Å². The lowest BCUT2D eigenvalue weighted by atomic mass is 9.96. The summed E-state index contributed by atoms with van der Waals surface area (Å²) in [5.74, 6) is -0.609. The van der Waals surface area contributed by atoms with E-state index >= 15 is 0 Å². The summed E-state index contributed by atoms with van der Waals surface area (Å²) in [6, 6.07) is 1.78. The first-order chi connectivity index (χ1) is 8.54. The number of carbonyl (C=O) groups is 2. The molecule has 0 unspecified atom stereocenters. The summed E-state index contributed by atoms with van der Waals surface area (Å²) in [4.78, 5) is 26.8. The molecule has 1 fully saturated rings. The summed E-state index contributed by atoms with van der Waals surface area (Å²) in [5, 5.41) is 10.6.